The van der Waals surface area contributed by atoms with Gasteiger partial charge < -0.3 is 19.4 Å². The number of nitrogens with one attached hydrogen (secondary N) is 1. The van der Waals surface area contributed by atoms with Crippen molar-refractivity contribution in [1.82, 2.24) is 9.55 Å². The molecule has 5 heteroatoms. The van der Waals surface area contributed by atoms with E-state index in [1.807, 2.05) is 43.3 Å². The number of ether oxygens (including phenoxy) is 1. The highest BCUT2D eigenvalue weighted by Gasteiger charge is 2.21. The van der Waals surface area contributed by atoms with Gasteiger partial charge in [-0.15, -0.1) is 0 Å². The molecule has 0 unspecified atom stereocenters. The molecule has 1 aliphatic heterocycles. The van der Waals surface area contributed by atoms with Crippen LogP contribution in [-0.4, -0.2) is 27.5 Å². The van der Waals surface area contributed by atoms with Crippen LogP contribution in [0.3, 0.4) is 0 Å². The van der Waals surface area contributed by atoms with Gasteiger partial charge in [0.2, 0.25) is 0 Å². The number of hydrogen-bond acceptors (Lipinski definition) is 3. The van der Waals surface area contributed by atoms with Crippen LogP contribution in [0.4, 0.5) is 0 Å². The minimum Gasteiger partial charge on any atom is -0.508 e. The van der Waals surface area contributed by atoms with Gasteiger partial charge in [0.15, 0.2) is 0 Å². The lowest BCUT2D eigenvalue weighted by molar-refractivity contribution is 0.303. The number of H-pyrrole nitrogens is 1. The summed E-state index contributed by atoms with van der Waals surface area (Å²) in [5.41, 5.74) is 8.26. The van der Waals surface area contributed by atoms with Crippen LogP contribution in [0.15, 0.2) is 83.2 Å². The zero-order valence-electron chi connectivity index (χ0n) is 18.4. The average Bonchev–Trinajstić information content (AvgIpc) is 3.45. The number of aromatic nitrogens is 2. The van der Waals surface area contributed by atoms with E-state index in [-0.39, 0.29) is 5.75 Å². The third-order valence-electron chi connectivity index (χ3n) is 5.80. The normalized spacial score (nSPS) is 14.8. The molecule has 0 aliphatic carbocycles. The van der Waals surface area contributed by atoms with Gasteiger partial charge in [0.1, 0.15) is 17.2 Å². The standard InChI is InChI=1S/C27H25N3O2/c1-17-12-18(2)28-22(17)14-24-27(32-3)15-23(29-24)26-13-20-6-4-5-7-25(20)30(26)16-19-8-10-21(31)11-9-19/h4-15,28,31H,16H2,1-3H3. The fourth-order valence-electron chi connectivity index (χ4n) is 4.23. The number of aryl methyl sites for hydroxylation is 2. The Labute approximate surface area is 187 Å². The molecule has 3 heterocycles. The Balaban J connectivity index is 1.61. The zero-order valence-corrected chi connectivity index (χ0v) is 18.4. The fourth-order valence-corrected chi connectivity index (χ4v) is 4.23. The SMILES string of the molecule is COC1=CC(c2cc3ccccc3n2Cc2ccc(O)cc2)=NC1=Cc1[nH]c(C)cc1C. The van der Waals surface area contributed by atoms with Crippen molar-refractivity contribution in [3.05, 3.63) is 106 Å². The van der Waals surface area contributed by atoms with Gasteiger partial charge in [0.25, 0.3) is 0 Å². The number of nitrogens with zero attached hydrogens (tertiary/aromatic N) is 2. The van der Waals surface area contributed by atoms with E-state index >= 15 is 0 Å². The van der Waals surface area contributed by atoms with Crippen LogP contribution in [0.1, 0.15) is 28.2 Å². The van der Waals surface area contributed by atoms with Crippen molar-refractivity contribution >= 4 is 22.7 Å². The van der Waals surface area contributed by atoms with Crippen LogP contribution in [0.5, 0.6) is 5.75 Å². The van der Waals surface area contributed by atoms with E-state index in [1.165, 1.54) is 5.56 Å². The largest absolute Gasteiger partial charge is 0.508 e. The van der Waals surface area contributed by atoms with Crippen molar-refractivity contribution in [1.29, 1.82) is 0 Å². The molecule has 2 aromatic heterocycles. The molecule has 160 valence electrons. The number of aromatic amines is 1. The summed E-state index contributed by atoms with van der Waals surface area (Å²) in [6.07, 6.45) is 4.04. The third-order valence-corrected chi connectivity index (χ3v) is 5.80. The molecule has 5 nitrogen and oxygen atoms in total. The molecule has 0 radical (unpaired) electrons. The first-order chi connectivity index (χ1) is 15.5. The van der Waals surface area contributed by atoms with Crippen molar-refractivity contribution in [2.45, 2.75) is 20.4 Å². The maximum atomic E-state index is 9.65. The average molecular weight is 424 g/mol. The van der Waals surface area contributed by atoms with E-state index in [1.54, 1.807) is 19.2 Å². The number of rotatable bonds is 5. The first-order valence-electron chi connectivity index (χ1n) is 10.6. The second kappa shape index (κ2) is 7.93. The van der Waals surface area contributed by atoms with Gasteiger partial charge in [-0.05, 0) is 61.4 Å². The maximum absolute atomic E-state index is 9.65. The second-order valence-electron chi connectivity index (χ2n) is 8.13. The van der Waals surface area contributed by atoms with Gasteiger partial charge in [-0.1, -0.05) is 30.3 Å². The highest BCUT2D eigenvalue weighted by molar-refractivity contribution is 6.13. The quantitative estimate of drug-likeness (QED) is 0.432. The van der Waals surface area contributed by atoms with Gasteiger partial charge in [-0.25, -0.2) is 4.99 Å². The van der Waals surface area contributed by atoms with Crippen LogP contribution in [0.25, 0.3) is 17.0 Å². The first-order valence-corrected chi connectivity index (χ1v) is 10.6. The van der Waals surface area contributed by atoms with E-state index in [9.17, 15) is 5.11 Å². The molecule has 0 bridgehead atoms. The lowest BCUT2D eigenvalue weighted by Crippen LogP contribution is -2.08. The van der Waals surface area contributed by atoms with E-state index in [0.717, 1.165) is 50.7 Å². The number of fused-ring (bicyclic) bond motifs is 1. The molecule has 0 spiro atoms. The Hall–Kier alpha value is -3.99. The molecule has 0 saturated carbocycles. The van der Waals surface area contributed by atoms with Crippen molar-refractivity contribution in [2.24, 2.45) is 4.99 Å². The molecule has 0 atom stereocenters. The second-order valence-corrected chi connectivity index (χ2v) is 8.13. The molecular weight excluding hydrogens is 398 g/mol. The number of para-hydroxylation sites is 1. The van der Waals surface area contributed by atoms with Crippen molar-refractivity contribution in [2.75, 3.05) is 7.11 Å². The number of aromatic hydroxyl groups is 1. The smallest absolute Gasteiger partial charge is 0.146 e. The minimum atomic E-state index is 0.267. The van der Waals surface area contributed by atoms with Gasteiger partial charge >= 0.3 is 0 Å². The van der Waals surface area contributed by atoms with E-state index in [0.29, 0.717) is 6.54 Å². The molecule has 2 N–H and O–H groups in total. The van der Waals surface area contributed by atoms with Gasteiger partial charge in [-0.3, -0.25) is 0 Å². The highest BCUT2D eigenvalue weighted by atomic mass is 16.5. The van der Waals surface area contributed by atoms with Gasteiger partial charge in [0.05, 0.1) is 18.5 Å². The molecule has 4 aromatic rings. The Kier molecular flexibility index (Phi) is 4.94. The number of aliphatic imine (C=N–C) groups is 1. The van der Waals surface area contributed by atoms with Crippen molar-refractivity contribution in [3.63, 3.8) is 0 Å². The topological polar surface area (TPSA) is 62.5 Å². The lowest BCUT2D eigenvalue weighted by Gasteiger charge is -2.10. The molecule has 1 aliphatic rings. The van der Waals surface area contributed by atoms with Crippen LogP contribution >= 0.6 is 0 Å². The van der Waals surface area contributed by atoms with E-state index in [2.05, 4.69) is 40.7 Å². The fraction of sp³-hybridized carbons (Fsp3) is 0.148. The predicted molar refractivity (Wildman–Crippen MR) is 129 cm³/mol. The third kappa shape index (κ3) is 3.62. The summed E-state index contributed by atoms with van der Waals surface area (Å²) in [5.74, 6) is 1.01. The monoisotopic (exact) mass is 423 g/mol. The summed E-state index contributed by atoms with van der Waals surface area (Å²) < 4.78 is 7.93. The summed E-state index contributed by atoms with van der Waals surface area (Å²) >= 11 is 0. The molecule has 5 rings (SSSR count). The molecule has 0 saturated heterocycles. The predicted octanol–water partition coefficient (Wildman–Crippen LogP) is 5.71. The Bertz CT molecular complexity index is 1400. The first kappa shape index (κ1) is 19.9. The summed E-state index contributed by atoms with van der Waals surface area (Å²) in [5, 5.41) is 10.8. The van der Waals surface area contributed by atoms with Crippen LogP contribution in [-0.2, 0) is 11.3 Å². The number of allylic oxidation sites excluding steroid dienone is 1. The summed E-state index contributed by atoms with van der Waals surface area (Å²) in [4.78, 5) is 8.33. The van der Waals surface area contributed by atoms with Gasteiger partial charge in [-0.2, -0.15) is 0 Å². The molecular formula is C27H25N3O2. The van der Waals surface area contributed by atoms with Crippen LogP contribution in [0.2, 0.25) is 0 Å². The number of benzene rings is 2. The molecule has 2 aromatic carbocycles. The summed E-state index contributed by atoms with van der Waals surface area (Å²) in [7, 11) is 1.68. The van der Waals surface area contributed by atoms with Gasteiger partial charge in [0, 0.05) is 34.9 Å². The number of hydrogen-bond donors (Lipinski definition) is 2. The Morgan fingerprint density at radius 2 is 1.84 bits per heavy atom. The van der Waals surface area contributed by atoms with Crippen molar-refractivity contribution in [3.8, 4) is 5.75 Å². The highest BCUT2D eigenvalue weighted by Crippen LogP contribution is 2.29. The van der Waals surface area contributed by atoms with E-state index < -0.39 is 0 Å². The minimum absolute atomic E-state index is 0.267. The Morgan fingerprint density at radius 3 is 2.56 bits per heavy atom. The number of phenolic OH excluding ortho intramolecular Hbond substituents is 1. The zero-order chi connectivity index (χ0) is 22.2. The molecule has 0 amide bonds. The summed E-state index contributed by atoms with van der Waals surface area (Å²) in [6, 6.07) is 20.0. The van der Waals surface area contributed by atoms with E-state index in [4.69, 9.17) is 9.73 Å². The Morgan fingerprint density at radius 1 is 1.06 bits per heavy atom. The summed E-state index contributed by atoms with van der Waals surface area (Å²) in [6.45, 7) is 4.81. The number of methoxy groups -OCH3 is 1. The van der Waals surface area contributed by atoms with Crippen LogP contribution < -0.4 is 0 Å². The number of phenols is 1. The van der Waals surface area contributed by atoms with Crippen LogP contribution in [0, 0.1) is 13.8 Å². The van der Waals surface area contributed by atoms with Crippen molar-refractivity contribution < 1.29 is 9.84 Å². The molecule has 0 fully saturated rings. The maximum Gasteiger partial charge on any atom is 0.146 e. The molecule has 32 heavy (non-hydrogen) atoms. The lowest BCUT2D eigenvalue weighted by atomic mass is 10.2.